The molecule has 0 bridgehead atoms. The maximum atomic E-state index is 5.67. The fraction of sp³-hybridized carbons (Fsp3) is 0.571. The molecule has 1 aromatic carbocycles. The van der Waals surface area contributed by atoms with Crippen LogP contribution in [-0.4, -0.2) is 47.9 Å². The highest BCUT2D eigenvalue weighted by Crippen LogP contribution is 2.29. The van der Waals surface area contributed by atoms with Gasteiger partial charge in [-0.15, -0.1) is 0 Å². The third-order valence-electron chi connectivity index (χ3n) is 5.79. The molecule has 3 unspecified atom stereocenters. The first kappa shape index (κ1) is 17.7. The van der Waals surface area contributed by atoms with Crippen LogP contribution in [0.2, 0.25) is 0 Å². The number of imidazole rings is 1. The molecule has 2 fully saturated rings. The van der Waals surface area contributed by atoms with Gasteiger partial charge >= 0.3 is 0 Å². The van der Waals surface area contributed by atoms with E-state index in [1.807, 2.05) is 6.20 Å². The fourth-order valence-corrected chi connectivity index (χ4v) is 4.45. The summed E-state index contributed by atoms with van der Waals surface area (Å²) in [6.45, 7) is 4.59. The maximum Gasteiger partial charge on any atom is 0.110 e. The standard InChI is InChI=1S/C21H30N4O/c1-2-5-17(6-3-1)15-25-13-11-24-21(25)9-10-22-19-8-4-7-18(19)20-16-26-14-12-23-20/h1-3,5-6,11,13,18-20,22-23H,4,7-10,12,14-16H2. The van der Waals surface area contributed by atoms with E-state index in [4.69, 9.17) is 4.74 Å². The molecule has 140 valence electrons. The minimum absolute atomic E-state index is 0.517. The normalized spacial score (nSPS) is 26.2. The van der Waals surface area contributed by atoms with Crippen LogP contribution in [0.15, 0.2) is 42.7 Å². The van der Waals surface area contributed by atoms with Crippen LogP contribution in [0.3, 0.4) is 0 Å². The van der Waals surface area contributed by atoms with Crippen LogP contribution in [0.1, 0.15) is 30.7 Å². The van der Waals surface area contributed by atoms with Gasteiger partial charge in [-0.1, -0.05) is 36.8 Å². The number of hydrogen-bond donors (Lipinski definition) is 2. The van der Waals surface area contributed by atoms with E-state index in [1.54, 1.807) is 0 Å². The highest BCUT2D eigenvalue weighted by molar-refractivity contribution is 5.15. The molecule has 0 radical (unpaired) electrons. The lowest BCUT2D eigenvalue weighted by Crippen LogP contribution is -2.51. The molecule has 1 aliphatic heterocycles. The molecule has 26 heavy (non-hydrogen) atoms. The zero-order chi connectivity index (χ0) is 17.6. The van der Waals surface area contributed by atoms with E-state index in [1.165, 1.54) is 24.8 Å². The highest BCUT2D eigenvalue weighted by atomic mass is 16.5. The first-order valence-electron chi connectivity index (χ1n) is 9.98. The largest absolute Gasteiger partial charge is 0.379 e. The van der Waals surface area contributed by atoms with Crippen molar-refractivity contribution in [1.82, 2.24) is 20.2 Å². The third kappa shape index (κ3) is 4.34. The van der Waals surface area contributed by atoms with Crippen molar-refractivity contribution >= 4 is 0 Å². The Labute approximate surface area is 156 Å². The Morgan fingerprint density at radius 1 is 1.23 bits per heavy atom. The molecule has 5 heteroatoms. The Hall–Kier alpha value is -1.69. The molecule has 1 aromatic heterocycles. The predicted molar refractivity (Wildman–Crippen MR) is 103 cm³/mol. The van der Waals surface area contributed by atoms with Gasteiger partial charge in [-0.2, -0.15) is 0 Å². The van der Waals surface area contributed by atoms with Gasteiger partial charge in [0, 0.05) is 50.5 Å². The molecular weight excluding hydrogens is 324 g/mol. The van der Waals surface area contributed by atoms with Crippen molar-refractivity contribution in [3.05, 3.63) is 54.1 Å². The molecule has 4 rings (SSSR count). The van der Waals surface area contributed by atoms with Crippen molar-refractivity contribution in [2.75, 3.05) is 26.3 Å². The van der Waals surface area contributed by atoms with Crippen molar-refractivity contribution in [2.24, 2.45) is 5.92 Å². The van der Waals surface area contributed by atoms with Gasteiger partial charge in [-0.25, -0.2) is 4.98 Å². The average molecular weight is 354 g/mol. The minimum atomic E-state index is 0.517. The van der Waals surface area contributed by atoms with Gasteiger partial charge in [0.2, 0.25) is 0 Å². The summed E-state index contributed by atoms with van der Waals surface area (Å²) in [5.74, 6) is 1.86. The topological polar surface area (TPSA) is 51.1 Å². The summed E-state index contributed by atoms with van der Waals surface area (Å²) in [6.07, 6.45) is 8.88. The third-order valence-corrected chi connectivity index (χ3v) is 5.79. The lowest BCUT2D eigenvalue weighted by atomic mass is 9.94. The molecule has 2 N–H and O–H groups in total. The molecule has 2 heterocycles. The van der Waals surface area contributed by atoms with Gasteiger partial charge in [0.05, 0.1) is 13.2 Å². The van der Waals surface area contributed by atoms with Crippen LogP contribution in [0.5, 0.6) is 0 Å². The molecule has 3 atom stereocenters. The van der Waals surface area contributed by atoms with E-state index in [0.29, 0.717) is 18.0 Å². The van der Waals surface area contributed by atoms with Crippen LogP contribution in [0.25, 0.3) is 0 Å². The Morgan fingerprint density at radius 3 is 3.00 bits per heavy atom. The first-order chi connectivity index (χ1) is 12.9. The zero-order valence-electron chi connectivity index (χ0n) is 15.4. The Kier molecular flexibility index (Phi) is 5.99. The molecule has 0 spiro atoms. The number of morpholine rings is 1. The second kappa shape index (κ2) is 8.80. The maximum absolute atomic E-state index is 5.67. The molecule has 2 aromatic rings. The summed E-state index contributed by atoms with van der Waals surface area (Å²) in [7, 11) is 0. The van der Waals surface area contributed by atoms with E-state index >= 15 is 0 Å². The lowest BCUT2D eigenvalue weighted by molar-refractivity contribution is 0.0526. The van der Waals surface area contributed by atoms with E-state index in [9.17, 15) is 0 Å². The second-order valence-corrected chi connectivity index (χ2v) is 7.50. The number of nitrogens with zero attached hydrogens (tertiary/aromatic N) is 2. The van der Waals surface area contributed by atoms with Crippen molar-refractivity contribution in [3.63, 3.8) is 0 Å². The van der Waals surface area contributed by atoms with Crippen molar-refractivity contribution in [2.45, 2.75) is 44.3 Å². The van der Waals surface area contributed by atoms with Crippen LogP contribution in [-0.2, 0) is 17.7 Å². The minimum Gasteiger partial charge on any atom is -0.379 e. The molecule has 1 aliphatic carbocycles. The summed E-state index contributed by atoms with van der Waals surface area (Å²) in [4.78, 5) is 4.58. The van der Waals surface area contributed by atoms with Crippen molar-refractivity contribution < 1.29 is 4.74 Å². The number of benzene rings is 1. The van der Waals surface area contributed by atoms with E-state index < -0.39 is 0 Å². The predicted octanol–water partition coefficient (Wildman–Crippen LogP) is 2.22. The first-order valence-corrected chi connectivity index (χ1v) is 9.98. The summed E-state index contributed by atoms with van der Waals surface area (Å²) in [5.41, 5.74) is 1.32. The monoisotopic (exact) mass is 354 g/mol. The smallest absolute Gasteiger partial charge is 0.110 e. The second-order valence-electron chi connectivity index (χ2n) is 7.50. The Morgan fingerprint density at radius 2 is 2.15 bits per heavy atom. The van der Waals surface area contributed by atoms with Gasteiger partial charge in [-0.05, 0) is 24.3 Å². The van der Waals surface area contributed by atoms with Gasteiger partial charge in [-0.3, -0.25) is 0 Å². The summed E-state index contributed by atoms with van der Waals surface area (Å²) >= 11 is 0. The summed E-state index contributed by atoms with van der Waals surface area (Å²) < 4.78 is 7.94. The molecule has 5 nitrogen and oxygen atoms in total. The highest BCUT2D eigenvalue weighted by Gasteiger charge is 2.34. The SMILES string of the molecule is c1ccc(Cn2ccnc2CCNC2CCCC2C2COCCN2)cc1. The van der Waals surface area contributed by atoms with E-state index in [0.717, 1.165) is 45.1 Å². The van der Waals surface area contributed by atoms with Crippen molar-refractivity contribution in [1.29, 1.82) is 0 Å². The van der Waals surface area contributed by atoms with E-state index in [-0.39, 0.29) is 0 Å². The van der Waals surface area contributed by atoms with Gasteiger partial charge in [0.15, 0.2) is 0 Å². The number of hydrogen-bond acceptors (Lipinski definition) is 4. The van der Waals surface area contributed by atoms with Gasteiger partial charge < -0.3 is 19.9 Å². The van der Waals surface area contributed by atoms with Crippen LogP contribution in [0, 0.1) is 5.92 Å². The number of nitrogens with one attached hydrogen (secondary N) is 2. The summed E-state index contributed by atoms with van der Waals surface area (Å²) in [6, 6.07) is 11.7. The number of aromatic nitrogens is 2. The van der Waals surface area contributed by atoms with Gasteiger partial charge in [0.25, 0.3) is 0 Å². The Bertz CT molecular complexity index is 666. The number of ether oxygens (including phenoxy) is 1. The zero-order valence-corrected chi connectivity index (χ0v) is 15.4. The van der Waals surface area contributed by atoms with Crippen LogP contribution >= 0.6 is 0 Å². The molecular formula is C21H30N4O. The molecule has 0 amide bonds. The average Bonchev–Trinajstić information content (AvgIpc) is 3.33. The molecule has 1 saturated heterocycles. The van der Waals surface area contributed by atoms with Crippen molar-refractivity contribution in [3.8, 4) is 0 Å². The molecule has 2 aliphatic rings. The number of rotatable bonds is 7. The van der Waals surface area contributed by atoms with Crippen LogP contribution < -0.4 is 10.6 Å². The quantitative estimate of drug-likeness (QED) is 0.801. The fourth-order valence-electron chi connectivity index (χ4n) is 4.45. The van der Waals surface area contributed by atoms with Gasteiger partial charge in [0.1, 0.15) is 5.82 Å². The van der Waals surface area contributed by atoms with Crippen LogP contribution in [0.4, 0.5) is 0 Å². The molecule has 1 saturated carbocycles. The lowest BCUT2D eigenvalue weighted by Gasteiger charge is -2.33. The van der Waals surface area contributed by atoms with E-state index in [2.05, 4.69) is 56.7 Å². The summed E-state index contributed by atoms with van der Waals surface area (Å²) in [5, 5.41) is 7.46. The Balaban J connectivity index is 1.29.